The maximum Gasteiger partial charge on any atom is 0.270 e. The first-order valence-electron chi connectivity index (χ1n) is 6.89. The van der Waals surface area contributed by atoms with Crippen molar-refractivity contribution < 1.29 is 9.59 Å². The van der Waals surface area contributed by atoms with Crippen LogP contribution >= 0.6 is 35.4 Å². The first-order valence-corrected chi connectivity index (χ1v) is 8.06. The van der Waals surface area contributed by atoms with E-state index in [0.717, 1.165) is 5.56 Å². The molecule has 0 bridgehead atoms. The average molecular weight is 377 g/mol. The van der Waals surface area contributed by atoms with Crippen molar-refractivity contribution in [3.63, 3.8) is 0 Å². The molecule has 2 amide bonds. The third-order valence-corrected chi connectivity index (χ3v) is 4.48. The first-order chi connectivity index (χ1) is 11.5. The molecule has 0 radical (unpaired) electrons. The van der Waals surface area contributed by atoms with Crippen molar-refractivity contribution in [3.05, 3.63) is 69.7 Å². The second-order valence-electron chi connectivity index (χ2n) is 4.94. The molecule has 1 saturated heterocycles. The average Bonchev–Trinajstić information content (AvgIpc) is 2.56. The second-order valence-corrected chi connectivity index (χ2v) is 6.11. The van der Waals surface area contributed by atoms with Crippen LogP contribution in [0.1, 0.15) is 5.56 Å². The van der Waals surface area contributed by atoms with Crippen molar-refractivity contribution in [2.24, 2.45) is 0 Å². The van der Waals surface area contributed by atoms with Crippen LogP contribution in [-0.2, 0) is 9.59 Å². The third-order valence-electron chi connectivity index (χ3n) is 3.38. The van der Waals surface area contributed by atoms with E-state index in [1.807, 2.05) is 18.2 Å². The quantitative estimate of drug-likeness (QED) is 0.492. The van der Waals surface area contributed by atoms with Crippen molar-refractivity contribution in [1.82, 2.24) is 5.32 Å². The number of hydrogen-bond acceptors (Lipinski definition) is 3. The van der Waals surface area contributed by atoms with Gasteiger partial charge in [0.15, 0.2) is 5.11 Å². The van der Waals surface area contributed by atoms with Gasteiger partial charge in [-0.15, -0.1) is 0 Å². The summed E-state index contributed by atoms with van der Waals surface area (Å²) in [4.78, 5) is 26.2. The molecule has 120 valence electrons. The molecule has 24 heavy (non-hydrogen) atoms. The van der Waals surface area contributed by atoms with Crippen molar-refractivity contribution in [3.8, 4) is 0 Å². The molecular formula is C17H10Cl2N2O2S. The summed E-state index contributed by atoms with van der Waals surface area (Å²) in [6.07, 6.45) is 1.50. The molecular weight excluding hydrogens is 367 g/mol. The van der Waals surface area contributed by atoms with Gasteiger partial charge in [-0.3, -0.25) is 19.8 Å². The van der Waals surface area contributed by atoms with Gasteiger partial charge in [0.2, 0.25) is 0 Å². The minimum Gasteiger partial charge on any atom is -0.298 e. The molecule has 0 spiro atoms. The molecule has 0 saturated carbocycles. The van der Waals surface area contributed by atoms with Gasteiger partial charge in [-0.2, -0.15) is 0 Å². The first kappa shape index (κ1) is 16.6. The molecule has 1 aliphatic rings. The Hall–Kier alpha value is -2.21. The SMILES string of the molecule is O=C1NC(=S)N(c2cccc(Cl)c2Cl)C(=O)/C1=C/c1ccccc1. The lowest BCUT2D eigenvalue weighted by atomic mass is 10.1. The van der Waals surface area contributed by atoms with Crippen LogP contribution in [-0.4, -0.2) is 16.9 Å². The molecule has 0 aliphatic carbocycles. The lowest BCUT2D eigenvalue weighted by Crippen LogP contribution is -2.54. The van der Waals surface area contributed by atoms with Crippen LogP contribution in [0.25, 0.3) is 6.08 Å². The molecule has 2 aromatic carbocycles. The highest BCUT2D eigenvalue weighted by molar-refractivity contribution is 7.80. The van der Waals surface area contributed by atoms with Gasteiger partial charge in [-0.1, -0.05) is 59.6 Å². The van der Waals surface area contributed by atoms with E-state index in [-0.39, 0.29) is 20.7 Å². The van der Waals surface area contributed by atoms with E-state index in [0.29, 0.717) is 5.69 Å². The second kappa shape index (κ2) is 6.73. The van der Waals surface area contributed by atoms with E-state index in [1.165, 1.54) is 11.0 Å². The maximum atomic E-state index is 12.8. The van der Waals surface area contributed by atoms with Crippen LogP contribution in [0.3, 0.4) is 0 Å². The normalized spacial score (nSPS) is 16.5. The molecule has 0 atom stereocenters. The van der Waals surface area contributed by atoms with E-state index < -0.39 is 11.8 Å². The Balaban J connectivity index is 2.07. The van der Waals surface area contributed by atoms with Crippen molar-refractivity contribution >= 4 is 64.1 Å². The Labute approximate surface area is 153 Å². The van der Waals surface area contributed by atoms with Crippen LogP contribution < -0.4 is 10.2 Å². The number of carbonyl (C=O) groups excluding carboxylic acids is 2. The number of anilines is 1. The minimum atomic E-state index is -0.559. The minimum absolute atomic E-state index is 0.0363. The van der Waals surface area contributed by atoms with Crippen LogP contribution in [0.2, 0.25) is 10.0 Å². The van der Waals surface area contributed by atoms with Gasteiger partial charge in [0.05, 0.1) is 15.7 Å². The molecule has 1 aliphatic heterocycles. The van der Waals surface area contributed by atoms with E-state index in [4.69, 9.17) is 35.4 Å². The van der Waals surface area contributed by atoms with Crippen LogP contribution in [0.4, 0.5) is 5.69 Å². The topological polar surface area (TPSA) is 49.4 Å². The van der Waals surface area contributed by atoms with Crippen molar-refractivity contribution in [2.45, 2.75) is 0 Å². The summed E-state index contributed by atoms with van der Waals surface area (Å²) in [6, 6.07) is 13.9. The summed E-state index contributed by atoms with van der Waals surface area (Å²) in [6.45, 7) is 0. The summed E-state index contributed by atoms with van der Waals surface area (Å²) in [5.41, 5.74) is 1.00. The standard InChI is InChI=1S/C17H10Cl2N2O2S/c18-12-7-4-8-13(14(12)19)21-16(23)11(15(22)20-17(21)24)9-10-5-2-1-3-6-10/h1-9H,(H,20,22,24)/b11-9+. The fourth-order valence-electron chi connectivity index (χ4n) is 2.26. The van der Waals surface area contributed by atoms with E-state index in [1.54, 1.807) is 30.3 Å². The fraction of sp³-hybridized carbons (Fsp3) is 0. The molecule has 1 fully saturated rings. The molecule has 0 aromatic heterocycles. The van der Waals surface area contributed by atoms with Crippen LogP contribution in [0, 0.1) is 0 Å². The number of thiocarbonyl (C=S) groups is 1. The zero-order valence-corrected chi connectivity index (χ0v) is 14.5. The van der Waals surface area contributed by atoms with E-state index in [2.05, 4.69) is 5.32 Å². The van der Waals surface area contributed by atoms with E-state index >= 15 is 0 Å². The summed E-state index contributed by atoms with van der Waals surface area (Å²) in [5, 5.41) is 2.93. The highest BCUT2D eigenvalue weighted by Crippen LogP contribution is 2.34. The van der Waals surface area contributed by atoms with E-state index in [9.17, 15) is 9.59 Å². The highest BCUT2D eigenvalue weighted by Gasteiger charge is 2.35. The molecule has 3 rings (SSSR count). The number of amides is 2. The lowest BCUT2D eigenvalue weighted by Gasteiger charge is -2.29. The fourth-order valence-corrected chi connectivity index (χ4v) is 2.91. The van der Waals surface area contributed by atoms with Crippen molar-refractivity contribution in [2.75, 3.05) is 4.90 Å². The highest BCUT2D eigenvalue weighted by atomic mass is 35.5. The number of carbonyl (C=O) groups is 2. The largest absolute Gasteiger partial charge is 0.298 e. The molecule has 2 aromatic rings. The number of rotatable bonds is 2. The zero-order valence-electron chi connectivity index (χ0n) is 12.1. The van der Waals surface area contributed by atoms with Gasteiger partial charge in [-0.05, 0) is 36.0 Å². The van der Waals surface area contributed by atoms with Gasteiger partial charge in [0, 0.05) is 0 Å². The monoisotopic (exact) mass is 376 g/mol. The zero-order chi connectivity index (χ0) is 17.3. The molecule has 7 heteroatoms. The predicted molar refractivity (Wildman–Crippen MR) is 99.1 cm³/mol. The van der Waals surface area contributed by atoms with Gasteiger partial charge in [0.25, 0.3) is 11.8 Å². The molecule has 4 nitrogen and oxygen atoms in total. The number of nitrogens with zero attached hydrogens (tertiary/aromatic N) is 1. The Morgan fingerprint density at radius 1 is 1.00 bits per heavy atom. The summed E-state index contributed by atoms with van der Waals surface area (Å²) in [5.74, 6) is -1.11. The van der Waals surface area contributed by atoms with Gasteiger partial charge in [0.1, 0.15) is 5.57 Å². The Bertz CT molecular complexity index is 881. The van der Waals surface area contributed by atoms with Gasteiger partial charge in [-0.25, -0.2) is 0 Å². The Morgan fingerprint density at radius 2 is 1.71 bits per heavy atom. The number of benzene rings is 2. The molecule has 1 heterocycles. The predicted octanol–water partition coefficient (Wildman–Crippen LogP) is 3.82. The molecule has 0 unspecified atom stereocenters. The van der Waals surface area contributed by atoms with Gasteiger partial charge < -0.3 is 0 Å². The maximum absolute atomic E-state index is 12.8. The Kier molecular flexibility index (Phi) is 4.66. The summed E-state index contributed by atoms with van der Waals surface area (Å²) < 4.78 is 0. The molecule has 1 N–H and O–H groups in total. The van der Waals surface area contributed by atoms with Crippen molar-refractivity contribution in [1.29, 1.82) is 0 Å². The number of halogens is 2. The number of hydrogen-bond donors (Lipinski definition) is 1. The third kappa shape index (κ3) is 3.06. The van der Waals surface area contributed by atoms with Crippen LogP contribution in [0.15, 0.2) is 54.1 Å². The smallest absolute Gasteiger partial charge is 0.270 e. The Morgan fingerprint density at radius 3 is 2.42 bits per heavy atom. The summed E-state index contributed by atoms with van der Waals surface area (Å²) >= 11 is 17.3. The lowest BCUT2D eigenvalue weighted by molar-refractivity contribution is -0.122. The summed E-state index contributed by atoms with van der Waals surface area (Å²) in [7, 11) is 0. The number of nitrogens with one attached hydrogen (secondary N) is 1. The van der Waals surface area contributed by atoms with Gasteiger partial charge >= 0.3 is 0 Å². The van der Waals surface area contributed by atoms with Crippen LogP contribution in [0.5, 0.6) is 0 Å².